The topological polar surface area (TPSA) is 3.24 Å². The molecule has 8 aromatic carbocycles. The summed E-state index contributed by atoms with van der Waals surface area (Å²) in [5.41, 5.74) is 16.2. The largest absolute Gasteiger partial charge is 0.309 e. The van der Waals surface area contributed by atoms with Gasteiger partial charge in [0.1, 0.15) is 0 Å². The van der Waals surface area contributed by atoms with Crippen LogP contribution < -0.4 is 4.90 Å². The summed E-state index contributed by atoms with van der Waals surface area (Å²) >= 11 is 1.90. The van der Waals surface area contributed by atoms with Crippen LogP contribution in [0.5, 0.6) is 0 Å². The van der Waals surface area contributed by atoms with Gasteiger partial charge in [0.05, 0.1) is 10.4 Å². The molecule has 0 N–H and O–H groups in total. The molecule has 252 valence electrons. The maximum absolute atomic E-state index is 2.48. The van der Waals surface area contributed by atoms with Crippen LogP contribution in [0.3, 0.4) is 0 Å². The molecule has 0 spiro atoms. The summed E-state index contributed by atoms with van der Waals surface area (Å²) in [6, 6.07) is 68.9. The van der Waals surface area contributed by atoms with Gasteiger partial charge in [-0.25, -0.2) is 0 Å². The maximum atomic E-state index is 2.48. The van der Waals surface area contributed by atoms with Crippen LogP contribution in [-0.2, 0) is 5.41 Å². The average Bonchev–Trinajstić information content (AvgIpc) is 3.72. The van der Waals surface area contributed by atoms with Crippen molar-refractivity contribution in [2.75, 3.05) is 4.90 Å². The van der Waals surface area contributed by atoms with E-state index in [0.717, 1.165) is 11.4 Å². The Balaban J connectivity index is 1.21. The van der Waals surface area contributed by atoms with Crippen molar-refractivity contribution in [2.45, 2.75) is 19.3 Å². The van der Waals surface area contributed by atoms with E-state index < -0.39 is 0 Å². The van der Waals surface area contributed by atoms with Crippen molar-refractivity contribution >= 4 is 48.6 Å². The molecule has 0 saturated heterocycles. The van der Waals surface area contributed by atoms with Crippen molar-refractivity contribution in [3.05, 3.63) is 199 Å². The van der Waals surface area contributed by atoms with Gasteiger partial charge in [0.25, 0.3) is 0 Å². The van der Waals surface area contributed by atoms with Crippen LogP contribution in [0.15, 0.2) is 188 Å². The van der Waals surface area contributed by atoms with E-state index in [4.69, 9.17) is 0 Å². The van der Waals surface area contributed by atoms with Gasteiger partial charge in [-0.3, -0.25) is 0 Å². The molecular formula is C51H37NS. The zero-order valence-electron chi connectivity index (χ0n) is 29.8. The number of thiophene rings is 1. The summed E-state index contributed by atoms with van der Waals surface area (Å²) in [5.74, 6) is 0. The summed E-state index contributed by atoms with van der Waals surface area (Å²) in [7, 11) is 0. The maximum Gasteiger partial charge on any atom is 0.0640 e. The molecule has 0 fully saturated rings. The molecule has 0 aliphatic heterocycles. The second-order valence-electron chi connectivity index (χ2n) is 14.5. The smallest absolute Gasteiger partial charge is 0.0640 e. The standard InChI is InChI=1S/C51H37NS/c1-51(2)45-32-31-39(33-44(45)48-40(21-13-25-46(48)51)36-17-8-4-9-18-36)52(38-29-27-35(28-30-38)34-15-6-3-7-16-34)47-26-14-24-43-42-23-12-22-41(49(42)53-50(43)47)37-19-10-5-11-20-37/h3-33H,1-2H3. The molecule has 53 heavy (non-hydrogen) atoms. The lowest BCUT2D eigenvalue weighted by Crippen LogP contribution is -2.15. The molecular weight excluding hydrogens is 659 g/mol. The van der Waals surface area contributed by atoms with Crippen molar-refractivity contribution in [2.24, 2.45) is 0 Å². The highest BCUT2D eigenvalue weighted by Gasteiger charge is 2.37. The highest BCUT2D eigenvalue weighted by Crippen LogP contribution is 2.54. The summed E-state index contributed by atoms with van der Waals surface area (Å²) < 4.78 is 2.60. The third-order valence-electron chi connectivity index (χ3n) is 11.1. The van der Waals surface area contributed by atoms with Crippen LogP contribution in [0.4, 0.5) is 17.1 Å². The lowest BCUT2D eigenvalue weighted by atomic mass is 9.82. The van der Waals surface area contributed by atoms with E-state index in [-0.39, 0.29) is 5.41 Å². The molecule has 1 nitrogen and oxygen atoms in total. The van der Waals surface area contributed by atoms with Gasteiger partial charge in [-0.1, -0.05) is 172 Å². The number of anilines is 3. The van der Waals surface area contributed by atoms with Crippen molar-refractivity contribution in [1.82, 2.24) is 0 Å². The number of benzene rings is 8. The van der Waals surface area contributed by atoms with E-state index in [1.807, 2.05) is 11.3 Å². The summed E-state index contributed by atoms with van der Waals surface area (Å²) in [4.78, 5) is 2.48. The Morgan fingerprint density at radius 3 is 1.64 bits per heavy atom. The van der Waals surface area contributed by atoms with Gasteiger partial charge in [-0.2, -0.15) is 0 Å². The Kier molecular flexibility index (Phi) is 7.42. The second-order valence-corrected chi connectivity index (χ2v) is 15.5. The lowest BCUT2D eigenvalue weighted by molar-refractivity contribution is 0.660. The molecule has 9 aromatic rings. The molecule has 1 aliphatic carbocycles. The van der Waals surface area contributed by atoms with E-state index in [1.54, 1.807) is 0 Å². The predicted octanol–water partition coefficient (Wildman–Crippen LogP) is 14.8. The van der Waals surface area contributed by atoms with Crippen LogP contribution in [0.2, 0.25) is 0 Å². The van der Waals surface area contributed by atoms with Crippen molar-refractivity contribution in [3.63, 3.8) is 0 Å². The first-order valence-electron chi connectivity index (χ1n) is 18.4. The molecule has 0 saturated carbocycles. The zero-order chi connectivity index (χ0) is 35.5. The molecule has 0 atom stereocenters. The molecule has 2 heteroatoms. The van der Waals surface area contributed by atoms with Crippen molar-refractivity contribution in [3.8, 4) is 44.5 Å². The number of fused-ring (bicyclic) bond motifs is 6. The van der Waals surface area contributed by atoms with Gasteiger partial charge in [-0.15, -0.1) is 11.3 Å². The van der Waals surface area contributed by atoms with Crippen LogP contribution in [0.1, 0.15) is 25.0 Å². The van der Waals surface area contributed by atoms with E-state index in [2.05, 4.69) is 207 Å². The third-order valence-corrected chi connectivity index (χ3v) is 12.4. The van der Waals surface area contributed by atoms with Crippen molar-refractivity contribution in [1.29, 1.82) is 0 Å². The van der Waals surface area contributed by atoms with Crippen LogP contribution in [-0.4, -0.2) is 0 Å². The van der Waals surface area contributed by atoms with Gasteiger partial charge in [-0.05, 0) is 86.0 Å². The molecule has 0 unspecified atom stereocenters. The molecule has 0 bridgehead atoms. The fraction of sp³-hybridized carbons (Fsp3) is 0.0588. The summed E-state index contributed by atoms with van der Waals surface area (Å²) in [6.45, 7) is 4.74. The number of hydrogen-bond acceptors (Lipinski definition) is 2. The quantitative estimate of drug-likeness (QED) is 0.167. The van der Waals surface area contributed by atoms with Gasteiger partial charge in [0.15, 0.2) is 0 Å². The van der Waals surface area contributed by atoms with E-state index >= 15 is 0 Å². The van der Waals surface area contributed by atoms with Gasteiger partial charge in [0, 0.05) is 32.3 Å². The summed E-state index contributed by atoms with van der Waals surface area (Å²) in [6.07, 6.45) is 0. The Bertz CT molecular complexity index is 2780. The number of nitrogens with zero attached hydrogens (tertiary/aromatic N) is 1. The predicted molar refractivity (Wildman–Crippen MR) is 228 cm³/mol. The molecule has 1 heterocycles. The first-order valence-corrected chi connectivity index (χ1v) is 19.2. The van der Waals surface area contributed by atoms with E-state index in [0.29, 0.717) is 0 Å². The normalized spacial score (nSPS) is 12.9. The monoisotopic (exact) mass is 695 g/mol. The number of rotatable bonds is 6. The minimum atomic E-state index is -0.116. The van der Waals surface area contributed by atoms with Crippen LogP contribution >= 0.6 is 11.3 Å². The van der Waals surface area contributed by atoms with E-state index in [1.165, 1.54) is 81.5 Å². The van der Waals surface area contributed by atoms with Crippen molar-refractivity contribution < 1.29 is 0 Å². The fourth-order valence-corrected chi connectivity index (χ4v) is 9.82. The third kappa shape index (κ3) is 5.13. The molecule has 1 aromatic heterocycles. The van der Waals surface area contributed by atoms with Gasteiger partial charge in [0.2, 0.25) is 0 Å². The van der Waals surface area contributed by atoms with Crippen LogP contribution in [0.25, 0.3) is 64.7 Å². The SMILES string of the molecule is CC1(C)c2ccc(N(c3ccc(-c4ccccc4)cc3)c3cccc4c3sc3c(-c5ccccc5)cccc34)cc2-c2c(-c3ccccc3)cccc21. The minimum Gasteiger partial charge on any atom is -0.309 e. The zero-order valence-corrected chi connectivity index (χ0v) is 30.6. The van der Waals surface area contributed by atoms with Gasteiger partial charge >= 0.3 is 0 Å². The Labute approximate surface area is 315 Å². The van der Waals surface area contributed by atoms with E-state index in [9.17, 15) is 0 Å². The highest BCUT2D eigenvalue weighted by molar-refractivity contribution is 7.27. The lowest BCUT2D eigenvalue weighted by Gasteiger charge is -2.28. The Morgan fingerprint density at radius 1 is 0.396 bits per heavy atom. The van der Waals surface area contributed by atoms with Crippen LogP contribution in [0, 0.1) is 0 Å². The first-order chi connectivity index (χ1) is 26.1. The number of hydrogen-bond donors (Lipinski definition) is 0. The molecule has 0 radical (unpaired) electrons. The van der Waals surface area contributed by atoms with Gasteiger partial charge < -0.3 is 4.90 Å². The first kappa shape index (κ1) is 31.5. The molecule has 0 amide bonds. The Morgan fingerprint density at radius 2 is 0.943 bits per heavy atom. The second kappa shape index (κ2) is 12.5. The highest BCUT2D eigenvalue weighted by atomic mass is 32.1. The fourth-order valence-electron chi connectivity index (χ4n) is 8.48. The molecule has 1 aliphatic rings. The minimum absolute atomic E-state index is 0.116. The molecule has 10 rings (SSSR count). The summed E-state index contributed by atoms with van der Waals surface area (Å²) in [5, 5.41) is 2.58. The Hall–Kier alpha value is -6.22. The average molecular weight is 696 g/mol.